The lowest BCUT2D eigenvalue weighted by Crippen LogP contribution is -2.30. The third-order valence-electron chi connectivity index (χ3n) is 3.84. The number of carbonyl (C=O) groups excluding carboxylic acids is 2. The zero-order valence-electron chi connectivity index (χ0n) is 13.6. The van der Waals surface area contributed by atoms with Gasteiger partial charge in [-0.1, -0.05) is 17.7 Å². The molecule has 0 radical (unpaired) electrons. The third-order valence-corrected chi connectivity index (χ3v) is 3.84. The minimum absolute atomic E-state index is 0.132. The molecule has 1 aliphatic carbocycles. The molecule has 0 spiro atoms. The molecule has 0 atom stereocenters. The van der Waals surface area contributed by atoms with Crippen molar-refractivity contribution in [3.05, 3.63) is 41.2 Å². The number of nitrogens with zero attached hydrogens (tertiary/aromatic N) is 1. The maximum absolute atomic E-state index is 11.7. The molecule has 1 N–H and O–H groups in total. The normalized spacial score (nSPS) is 14.0. The number of pyridine rings is 1. The lowest BCUT2D eigenvalue weighted by molar-refractivity contribution is -0.147. The molecule has 0 aromatic carbocycles. The Morgan fingerprint density at radius 3 is 2.87 bits per heavy atom. The summed E-state index contributed by atoms with van der Waals surface area (Å²) < 4.78 is 4.99. The summed E-state index contributed by atoms with van der Waals surface area (Å²) in [4.78, 5) is 27.5. The molecule has 0 saturated carbocycles. The first-order valence-electron chi connectivity index (χ1n) is 8.15. The van der Waals surface area contributed by atoms with Crippen molar-refractivity contribution in [3.8, 4) is 0 Å². The highest BCUT2D eigenvalue weighted by atomic mass is 16.5. The van der Waals surface area contributed by atoms with Crippen LogP contribution in [0.5, 0.6) is 0 Å². The Labute approximate surface area is 137 Å². The van der Waals surface area contributed by atoms with E-state index in [0.717, 1.165) is 30.5 Å². The molecule has 0 unspecified atom stereocenters. The van der Waals surface area contributed by atoms with Gasteiger partial charge in [0.15, 0.2) is 6.61 Å². The molecule has 1 aromatic heterocycles. The van der Waals surface area contributed by atoms with Crippen molar-refractivity contribution >= 4 is 11.9 Å². The molecule has 1 aromatic rings. The molecule has 0 bridgehead atoms. The molecule has 5 nitrogen and oxygen atoms in total. The Balaban J connectivity index is 1.60. The van der Waals surface area contributed by atoms with Gasteiger partial charge in [-0.25, -0.2) is 0 Å². The molecular weight excluding hydrogens is 292 g/mol. The number of hydrogen-bond acceptors (Lipinski definition) is 4. The largest absolute Gasteiger partial charge is 0.455 e. The Kier molecular flexibility index (Phi) is 6.78. The van der Waals surface area contributed by atoms with E-state index in [1.54, 1.807) is 6.20 Å². The average molecular weight is 316 g/mol. The molecular formula is C18H24N2O3. The number of hydrogen-bond donors (Lipinski definition) is 1. The van der Waals surface area contributed by atoms with Crippen LogP contribution in [0.3, 0.4) is 0 Å². The van der Waals surface area contributed by atoms with E-state index < -0.39 is 5.97 Å². The van der Waals surface area contributed by atoms with Crippen LogP contribution < -0.4 is 5.32 Å². The van der Waals surface area contributed by atoms with E-state index in [0.29, 0.717) is 6.54 Å². The summed E-state index contributed by atoms with van der Waals surface area (Å²) in [7, 11) is 0. The van der Waals surface area contributed by atoms with Gasteiger partial charge in [0, 0.05) is 18.4 Å². The second kappa shape index (κ2) is 9.08. The van der Waals surface area contributed by atoms with Crippen molar-refractivity contribution in [2.24, 2.45) is 0 Å². The van der Waals surface area contributed by atoms with Gasteiger partial charge in [0.25, 0.3) is 5.91 Å². The van der Waals surface area contributed by atoms with E-state index in [1.807, 2.05) is 19.1 Å². The Morgan fingerprint density at radius 1 is 1.30 bits per heavy atom. The van der Waals surface area contributed by atoms with Gasteiger partial charge in [0.1, 0.15) is 0 Å². The third kappa shape index (κ3) is 6.63. The average Bonchev–Trinajstić information content (AvgIpc) is 2.56. The van der Waals surface area contributed by atoms with E-state index >= 15 is 0 Å². The second-order valence-corrected chi connectivity index (χ2v) is 5.85. The maximum Gasteiger partial charge on any atom is 0.310 e. The molecule has 1 heterocycles. The number of nitrogens with one attached hydrogen (secondary N) is 1. The van der Waals surface area contributed by atoms with Crippen LogP contribution in [0, 0.1) is 6.92 Å². The SMILES string of the molecule is Cc1ccc(CC(=O)OCC(=O)NCCC2=CCCCC2)cn1. The molecule has 23 heavy (non-hydrogen) atoms. The van der Waals surface area contributed by atoms with Gasteiger partial charge in [-0.2, -0.15) is 0 Å². The second-order valence-electron chi connectivity index (χ2n) is 5.85. The van der Waals surface area contributed by atoms with Gasteiger partial charge in [-0.3, -0.25) is 14.6 Å². The zero-order chi connectivity index (χ0) is 16.5. The first-order valence-corrected chi connectivity index (χ1v) is 8.15. The standard InChI is InChI=1S/C18H24N2O3/c1-14-7-8-16(12-20-14)11-18(22)23-13-17(21)19-10-9-15-5-3-2-4-6-15/h5,7-8,12H,2-4,6,9-11,13H2,1H3,(H,19,21). The highest BCUT2D eigenvalue weighted by Crippen LogP contribution is 2.19. The predicted octanol–water partition coefficient (Wildman–Crippen LogP) is 2.48. The number of carbonyl (C=O) groups is 2. The number of allylic oxidation sites excluding steroid dienone is 1. The summed E-state index contributed by atoms with van der Waals surface area (Å²) in [5, 5.41) is 2.79. The molecule has 0 aliphatic heterocycles. The topological polar surface area (TPSA) is 68.3 Å². The molecule has 0 saturated heterocycles. The fraction of sp³-hybridized carbons (Fsp3) is 0.500. The van der Waals surface area contributed by atoms with Gasteiger partial charge < -0.3 is 10.1 Å². The summed E-state index contributed by atoms with van der Waals surface area (Å²) in [6, 6.07) is 3.68. The van der Waals surface area contributed by atoms with Crippen LogP contribution >= 0.6 is 0 Å². The highest BCUT2D eigenvalue weighted by molar-refractivity contribution is 5.81. The number of rotatable bonds is 7. The van der Waals surface area contributed by atoms with Crippen LogP contribution in [0.25, 0.3) is 0 Å². The van der Waals surface area contributed by atoms with E-state index in [2.05, 4.69) is 16.4 Å². The number of esters is 1. The molecule has 2 rings (SSSR count). The van der Waals surface area contributed by atoms with E-state index in [-0.39, 0.29) is 18.9 Å². The van der Waals surface area contributed by atoms with Crippen molar-refractivity contribution < 1.29 is 14.3 Å². The Bertz CT molecular complexity index is 564. The van der Waals surface area contributed by atoms with Crippen molar-refractivity contribution in [2.75, 3.05) is 13.2 Å². The highest BCUT2D eigenvalue weighted by Gasteiger charge is 2.09. The Hall–Kier alpha value is -2.17. The van der Waals surface area contributed by atoms with Gasteiger partial charge in [0.05, 0.1) is 6.42 Å². The summed E-state index contributed by atoms with van der Waals surface area (Å²) in [6.07, 6.45) is 9.72. The Morgan fingerprint density at radius 2 is 2.17 bits per heavy atom. The molecule has 1 aliphatic rings. The summed E-state index contributed by atoms with van der Waals surface area (Å²) in [5.74, 6) is -0.669. The van der Waals surface area contributed by atoms with Gasteiger partial charge in [-0.15, -0.1) is 0 Å². The molecule has 124 valence electrons. The lowest BCUT2D eigenvalue weighted by Gasteiger charge is -2.13. The van der Waals surface area contributed by atoms with E-state index in [4.69, 9.17) is 4.74 Å². The van der Waals surface area contributed by atoms with Crippen LogP contribution in [0.2, 0.25) is 0 Å². The summed E-state index contributed by atoms with van der Waals surface area (Å²) in [6.45, 7) is 2.26. The number of ether oxygens (including phenoxy) is 1. The molecule has 5 heteroatoms. The number of aromatic nitrogens is 1. The zero-order valence-corrected chi connectivity index (χ0v) is 13.6. The summed E-state index contributed by atoms with van der Waals surface area (Å²) in [5.41, 5.74) is 3.10. The smallest absolute Gasteiger partial charge is 0.310 e. The molecule has 1 amide bonds. The summed E-state index contributed by atoms with van der Waals surface area (Å²) >= 11 is 0. The van der Waals surface area contributed by atoms with Crippen molar-refractivity contribution in [1.82, 2.24) is 10.3 Å². The minimum Gasteiger partial charge on any atom is -0.455 e. The first kappa shape index (κ1) is 17.2. The molecule has 0 fully saturated rings. The van der Waals surface area contributed by atoms with Crippen LogP contribution in [0.1, 0.15) is 43.4 Å². The fourth-order valence-electron chi connectivity index (χ4n) is 2.51. The fourth-order valence-corrected chi connectivity index (χ4v) is 2.51. The number of amides is 1. The van der Waals surface area contributed by atoms with Crippen LogP contribution in [0.4, 0.5) is 0 Å². The van der Waals surface area contributed by atoms with Gasteiger partial charge in [0.2, 0.25) is 0 Å². The van der Waals surface area contributed by atoms with E-state index in [1.165, 1.54) is 18.4 Å². The predicted molar refractivity (Wildman–Crippen MR) is 87.8 cm³/mol. The van der Waals surface area contributed by atoms with Crippen LogP contribution in [-0.2, 0) is 20.7 Å². The van der Waals surface area contributed by atoms with E-state index in [9.17, 15) is 9.59 Å². The van der Waals surface area contributed by atoms with Crippen molar-refractivity contribution in [1.29, 1.82) is 0 Å². The van der Waals surface area contributed by atoms with Crippen LogP contribution in [-0.4, -0.2) is 30.0 Å². The maximum atomic E-state index is 11.7. The quantitative estimate of drug-likeness (QED) is 0.620. The monoisotopic (exact) mass is 316 g/mol. The lowest BCUT2D eigenvalue weighted by atomic mass is 9.97. The van der Waals surface area contributed by atoms with Crippen LogP contribution in [0.15, 0.2) is 30.0 Å². The first-order chi connectivity index (χ1) is 11.1. The van der Waals surface area contributed by atoms with Crippen molar-refractivity contribution in [3.63, 3.8) is 0 Å². The van der Waals surface area contributed by atoms with Crippen molar-refractivity contribution in [2.45, 2.75) is 45.4 Å². The van der Waals surface area contributed by atoms with Gasteiger partial charge in [-0.05, 0) is 50.7 Å². The minimum atomic E-state index is -0.416. The van der Waals surface area contributed by atoms with Gasteiger partial charge >= 0.3 is 5.97 Å². The number of aryl methyl sites for hydroxylation is 1.